The van der Waals surface area contributed by atoms with E-state index in [0.29, 0.717) is 38.7 Å². The van der Waals surface area contributed by atoms with Gasteiger partial charge in [-0.1, -0.05) is 36.1 Å². The van der Waals surface area contributed by atoms with Gasteiger partial charge in [0.2, 0.25) is 5.13 Å². The van der Waals surface area contributed by atoms with Crippen molar-refractivity contribution in [3.8, 4) is 0 Å². The number of carbonyl (C=O) groups excluding carboxylic acids is 3. The van der Waals surface area contributed by atoms with E-state index in [2.05, 4.69) is 25.8 Å². The normalized spacial score (nSPS) is 19.1. The molecular formula is C23H27N7O6S4. The Hall–Kier alpha value is -3.15. The van der Waals surface area contributed by atoms with Crippen LogP contribution in [-0.4, -0.2) is 77.6 Å². The highest BCUT2D eigenvalue weighted by atomic mass is 32.2. The van der Waals surface area contributed by atoms with E-state index in [4.69, 9.17) is 10.5 Å². The Morgan fingerprint density at radius 2 is 2.08 bits per heavy atom. The second-order valence-corrected chi connectivity index (χ2v) is 13.7. The number of ether oxygens (including phenoxy) is 1. The first-order valence-corrected chi connectivity index (χ1v) is 15.7. The molecule has 2 aromatic rings. The summed E-state index contributed by atoms with van der Waals surface area (Å²) < 4.78 is 5.84. The Morgan fingerprint density at radius 1 is 1.32 bits per heavy atom. The van der Waals surface area contributed by atoms with Crippen molar-refractivity contribution >= 4 is 85.9 Å². The SMILES string of the molecule is CC/C=C(\C(=O)N[C@@H]1C(=O)N2C(C(=O)O)=C(CSc3nnc(N)s3)CS[C@H]12)c1csc(NC(=O)OC(C)(C)C)n1. The fraction of sp³-hybridized carbons (Fsp3) is 0.435. The molecule has 5 N–H and O–H groups in total. The number of thioether (sulfide) groups is 2. The number of nitrogens with zero attached hydrogens (tertiary/aromatic N) is 4. The average Bonchev–Trinajstić information content (AvgIpc) is 3.50. The second kappa shape index (κ2) is 12.2. The zero-order chi connectivity index (χ0) is 29.2. The quantitative estimate of drug-likeness (QED) is 0.181. The molecule has 214 valence electrons. The monoisotopic (exact) mass is 625 g/mol. The molecule has 1 saturated heterocycles. The third kappa shape index (κ3) is 6.76. The van der Waals surface area contributed by atoms with Crippen molar-refractivity contribution in [1.82, 2.24) is 25.4 Å². The zero-order valence-electron chi connectivity index (χ0n) is 21.9. The standard InChI is InChI=1S/C23H27N7O6S4/c1-5-6-11(12-9-38-20(25-12)27-21(35)36-23(2,3)4)15(31)26-13-16(32)30-14(18(33)34)10(7-37-17(13)30)8-39-22-29-28-19(24)40-22/h6,9,13,17H,5,7-8H2,1-4H3,(H2,24,28)(H,26,31)(H,33,34)(H,25,27,35)/b11-6-/t13-,17-/m1/s1. The van der Waals surface area contributed by atoms with Gasteiger partial charge in [0.1, 0.15) is 22.7 Å². The first kappa shape index (κ1) is 29.8. The predicted molar refractivity (Wildman–Crippen MR) is 155 cm³/mol. The molecule has 0 unspecified atom stereocenters. The molecule has 0 spiro atoms. The lowest BCUT2D eigenvalue weighted by Crippen LogP contribution is -2.70. The smallest absolute Gasteiger partial charge is 0.413 e. The lowest BCUT2D eigenvalue weighted by Gasteiger charge is -2.49. The van der Waals surface area contributed by atoms with Gasteiger partial charge in [-0.05, 0) is 32.8 Å². The van der Waals surface area contributed by atoms with E-state index < -0.39 is 40.9 Å². The fourth-order valence-electron chi connectivity index (χ4n) is 3.80. The van der Waals surface area contributed by atoms with Gasteiger partial charge in [-0.3, -0.25) is 19.8 Å². The molecule has 1 fully saturated rings. The highest BCUT2D eigenvalue weighted by molar-refractivity contribution is 8.01. The maximum absolute atomic E-state index is 13.3. The van der Waals surface area contributed by atoms with Gasteiger partial charge in [-0.25, -0.2) is 14.6 Å². The lowest BCUT2D eigenvalue weighted by molar-refractivity contribution is -0.150. The second-order valence-electron chi connectivity index (χ2n) is 9.50. The van der Waals surface area contributed by atoms with Crippen molar-refractivity contribution in [2.45, 2.75) is 55.5 Å². The minimum Gasteiger partial charge on any atom is -0.477 e. The Kier molecular flexibility index (Phi) is 9.06. The average molecular weight is 626 g/mol. The Balaban J connectivity index is 1.44. The van der Waals surface area contributed by atoms with E-state index in [1.807, 2.05) is 6.92 Å². The number of rotatable bonds is 9. The molecule has 2 atom stereocenters. The van der Waals surface area contributed by atoms with Gasteiger partial charge in [0.25, 0.3) is 11.8 Å². The highest BCUT2D eigenvalue weighted by Gasteiger charge is 2.54. The molecule has 2 aliphatic rings. The van der Waals surface area contributed by atoms with Gasteiger partial charge in [0, 0.05) is 16.9 Å². The van der Waals surface area contributed by atoms with Crippen LogP contribution in [0.25, 0.3) is 5.57 Å². The van der Waals surface area contributed by atoms with Crippen molar-refractivity contribution in [3.63, 3.8) is 0 Å². The van der Waals surface area contributed by atoms with Crippen LogP contribution < -0.4 is 16.4 Å². The summed E-state index contributed by atoms with van der Waals surface area (Å²) in [5.41, 5.74) is 6.00. The minimum atomic E-state index is -1.21. The van der Waals surface area contributed by atoms with Gasteiger partial charge >= 0.3 is 12.1 Å². The number of carboxylic acids is 1. The van der Waals surface area contributed by atoms with Crippen LogP contribution in [0.5, 0.6) is 0 Å². The third-order valence-corrected chi connectivity index (χ3v) is 9.44. The summed E-state index contributed by atoms with van der Waals surface area (Å²) in [7, 11) is 0. The molecule has 13 nitrogen and oxygen atoms in total. The van der Waals surface area contributed by atoms with Crippen molar-refractivity contribution in [2.75, 3.05) is 22.6 Å². The predicted octanol–water partition coefficient (Wildman–Crippen LogP) is 3.25. The van der Waals surface area contributed by atoms with Crippen LogP contribution in [0.3, 0.4) is 0 Å². The number of aromatic nitrogens is 3. The van der Waals surface area contributed by atoms with E-state index in [1.54, 1.807) is 32.2 Å². The summed E-state index contributed by atoms with van der Waals surface area (Å²) >= 11 is 5.00. The van der Waals surface area contributed by atoms with Gasteiger partial charge in [-0.2, -0.15) is 0 Å². The number of hydrogen-bond acceptors (Lipinski definition) is 13. The number of fused-ring (bicyclic) bond motifs is 1. The van der Waals surface area contributed by atoms with Gasteiger partial charge in [-0.15, -0.1) is 33.3 Å². The number of nitrogens with one attached hydrogen (secondary N) is 2. The lowest BCUT2D eigenvalue weighted by atomic mass is 10.0. The van der Waals surface area contributed by atoms with Crippen LogP contribution in [0.1, 0.15) is 39.8 Å². The summed E-state index contributed by atoms with van der Waals surface area (Å²) in [5.74, 6) is -1.57. The minimum absolute atomic E-state index is 0.0779. The van der Waals surface area contributed by atoms with Gasteiger partial charge < -0.3 is 20.9 Å². The van der Waals surface area contributed by atoms with E-state index in [1.165, 1.54) is 39.8 Å². The van der Waals surface area contributed by atoms with Crippen LogP contribution >= 0.6 is 46.2 Å². The van der Waals surface area contributed by atoms with Crippen LogP contribution in [0.2, 0.25) is 0 Å². The van der Waals surface area contributed by atoms with E-state index in [0.717, 1.165) is 11.3 Å². The van der Waals surface area contributed by atoms with Crippen LogP contribution in [0, 0.1) is 0 Å². The number of amides is 3. The van der Waals surface area contributed by atoms with E-state index in [-0.39, 0.29) is 16.4 Å². The summed E-state index contributed by atoms with van der Waals surface area (Å²) in [6.45, 7) is 7.08. The molecule has 0 aromatic carbocycles. The summed E-state index contributed by atoms with van der Waals surface area (Å²) in [4.78, 5) is 56.1. The van der Waals surface area contributed by atoms with Gasteiger partial charge in [0.05, 0.1) is 11.3 Å². The van der Waals surface area contributed by atoms with Crippen molar-refractivity contribution in [3.05, 3.63) is 28.4 Å². The zero-order valence-corrected chi connectivity index (χ0v) is 25.2. The van der Waals surface area contributed by atoms with E-state index in [9.17, 15) is 24.3 Å². The molecule has 4 heterocycles. The molecule has 3 amide bonds. The number of aliphatic carboxylic acids is 1. The molecule has 4 rings (SSSR count). The largest absolute Gasteiger partial charge is 0.477 e. The molecule has 2 aromatic heterocycles. The number of nitrogens with two attached hydrogens (primary N) is 1. The van der Waals surface area contributed by atoms with Crippen LogP contribution in [-0.2, 0) is 19.1 Å². The molecule has 17 heteroatoms. The number of anilines is 2. The van der Waals surface area contributed by atoms with Crippen LogP contribution in [0.15, 0.2) is 27.1 Å². The molecule has 0 aliphatic carbocycles. The molecule has 0 saturated carbocycles. The maximum Gasteiger partial charge on any atom is 0.413 e. The molecular weight excluding hydrogens is 599 g/mol. The number of carboxylic acid groups (broad SMARTS) is 1. The van der Waals surface area contributed by atoms with E-state index >= 15 is 0 Å². The molecule has 0 radical (unpaired) electrons. The van der Waals surface area contributed by atoms with Crippen molar-refractivity contribution < 1.29 is 29.0 Å². The Bertz CT molecular complexity index is 1400. The number of allylic oxidation sites excluding steroid dienone is 1. The maximum atomic E-state index is 13.3. The number of nitrogen functional groups attached to an aromatic ring is 1. The first-order valence-electron chi connectivity index (χ1n) is 12.0. The Morgan fingerprint density at radius 3 is 2.70 bits per heavy atom. The van der Waals surface area contributed by atoms with Gasteiger partial charge in [0.15, 0.2) is 9.47 Å². The van der Waals surface area contributed by atoms with Crippen LogP contribution in [0.4, 0.5) is 15.1 Å². The van der Waals surface area contributed by atoms with Crippen molar-refractivity contribution in [2.24, 2.45) is 0 Å². The topological polar surface area (TPSA) is 190 Å². The number of hydrogen-bond donors (Lipinski definition) is 4. The number of carbonyl (C=O) groups is 4. The third-order valence-electron chi connectivity index (χ3n) is 5.37. The summed E-state index contributed by atoms with van der Waals surface area (Å²) in [5, 5.41) is 24.5. The molecule has 0 bridgehead atoms. The summed E-state index contributed by atoms with van der Waals surface area (Å²) in [6, 6.07) is -0.901. The Labute approximate surface area is 246 Å². The molecule has 2 aliphatic heterocycles. The molecule has 40 heavy (non-hydrogen) atoms. The summed E-state index contributed by atoms with van der Waals surface area (Å²) in [6.07, 6.45) is 1.53. The number of β-lactam (4-membered cyclic amide) rings is 1. The number of thiazole rings is 1. The highest BCUT2D eigenvalue weighted by Crippen LogP contribution is 2.42. The fourth-order valence-corrected chi connectivity index (χ4v) is 7.62. The van der Waals surface area contributed by atoms with Crippen molar-refractivity contribution in [1.29, 1.82) is 0 Å². The first-order chi connectivity index (χ1) is 18.9.